The van der Waals surface area contributed by atoms with E-state index in [9.17, 15) is 13.2 Å². The lowest BCUT2D eigenvalue weighted by Gasteiger charge is -2.09. The first-order valence-electron chi connectivity index (χ1n) is 7.47. The molecule has 3 aromatic rings. The number of halogens is 3. The van der Waals surface area contributed by atoms with Crippen LogP contribution in [0.3, 0.4) is 0 Å². The smallest absolute Gasteiger partial charge is 0.453 e. The van der Waals surface area contributed by atoms with Crippen LogP contribution in [0.15, 0.2) is 12.1 Å². The Morgan fingerprint density at radius 1 is 1.20 bits per heavy atom. The van der Waals surface area contributed by atoms with Crippen LogP contribution in [0, 0.1) is 0 Å². The Morgan fingerprint density at radius 2 is 1.96 bits per heavy atom. The third-order valence-electron chi connectivity index (χ3n) is 3.66. The van der Waals surface area contributed by atoms with Crippen molar-refractivity contribution in [3.05, 3.63) is 29.2 Å². The lowest BCUT2D eigenvalue weighted by atomic mass is 10.2. The van der Waals surface area contributed by atoms with Gasteiger partial charge in [-0.2, -0.15) is 22.8 Å². The van der Waals surface area contributed by atoms with Crippen molar-refractivity contribution >= 4 is 11.5 Å². The molecule has 0 fully saturated rings. The van der Waals surface area contributed by atoms with E-state index in [-0.39, 0.29) is 11.5 Å². The summed E-state index contributed by atoms with van der Waals surface area (Å²) in [5.41, 5.74) is 1.69. The van der Waals surface area contributed by atoms with Gasteiger partial charge in [-0.15, -0.1) is 15.3 Å². The zero-order valence-corrected chi connectivity index (χ0v) is 13.8. The average Bonchev–Trinajstić information content (AvgIpc) is 3.12. The average molecular weight is 355 g/mol. The van der Waals surface area contributed by atoms with Crippen molar-refractivity contribution in [1.29, 1.82) is 0 Å². The highest BCUT2D eigenvalue weighted by Crippen LogP contribution is 2.28. The van der Waals surface area contributed by atoms with Gasteiger partial charge >= 0.3 is 6.18 Å². The van der Waals surface area contributed by atoms with Crippen molar-refractivity contribution in [1.82, 2.24) is 29.6 Å². The van der Waals surface area contributed by atoms with Crippen LogP contribution in [0.2, 0.25) is 0 Å². The van der Waals surface area contributed by atoms with Gasteiger partial charge in [-0.1, -0.05) is 6.92 Å². The van der Waals surface area contributed by atoms with Crippen molar-refractivity contribution < 1.29 is 17.9 Å². The van der Waals surface area contributed by atoms with Gasteiger partial charge in [0.25, 0.3) is 5.82 Å². The number of alkyl halides is 3. The lowest BCUT2D eigenvalue weighted by molar-refractivity contribution is -0.146. The minimum Gasteiger partial charge on any atom is -0.481 e. The summed E-state index contributed by atoms with van der Waals surface area (Å²) in [5, 5.41) is 17.9. The van der Waals surface area contributed by atoms with Crippen LogP contribution in [-0.4, -0.2) is 36.7 Å². The van der Waals surface area contributed by atoms with E-state index in [2.05, 4.69) is 25.7 Å². The van der Waals surface area contributed by atoms with Gasteiger partial charge in [0, 0.05) is 13.6 Å². The molecular formula is C14H16F3N7O. The number of aryl methyl sites for hydroxylation is 2. The number of nitrogens with one attached hydrogen (secondary N) is 1. The summed E-state index contributed by atoms with van der Waals surface area (Å²) in [6, 6.07) is 2.96. The van der Waals surface area contributed by atoms with Crippen molar-refractivity contribution in [3.63, 3.8) is 0 Å². The molecule has 0 unspecified atom stereocenters. The van der Waals surface area contributed by atoms with E-state index in [1.54, 1.807) is 17.8 Å². The standard InChI is InChI=1S/C14H16F3N7O/c1-4-9-8(12(25-3)23(2)21-9)7-18-10-5-6-11-19-20-13(14(15,16)17)24(11)22-10/h5-6H,4,7H2,1-3H3,(H,18,22). The number of methoxy groups -OCH3 is 1. The summed E-state index contributed by atoms with van der Waals surface area (Å²) in [4.78, 5) is 0. The van der Waals surface area contributed by atoms with E-state index in [0.29, 0.717) is 23.4 Å². The number of hydrogen-bond donors (Lipinski definition) is 1. The quantitative estimate of drug-likeness (QED) is 0.754. The number of nitrogens with zero attached hydrogens (tertiary/aromatic N) is 6. The molecule has 0 atom stereocenters. The van der Waals surface area contributed by atoms with Crippen molar-refractivity contribution in [2.75, 3.05) is 12.4 Å². The summed E-state index contributed by atoms with van der Waals surface area (Å²) in [7, 11) is 3.30. The van der Waals surface area contributed by atoms with Gasteiger partial charge < -0.3 is 10.1 Å². The second-order valence-corrected chi connectivity index (χ2v) is 5.28. The van der Waals surface area contributed by atoms with E-state index >= 15 is 0 Å². The van der Waals surface area contributed by atoms with Crippen molar-refractivity contribution in [2.24, 2.45) is 7.05 Å². The number of anilines is 1. The zero-order chi connectivity index (χ0) is 18.2. The van der Waals surface area contributed by atoms with Crippen LogP contribution < -0.4 is 10.1 Å². The Labute approximate surface area is 140 Å². The highest BCUT2D eigenvalue weighted by atomic mass is 19.4. The highest BCUT2D eigenvalue weighted by Gasteiger charge is 2.37. The fourth-order valence-corrected chi connectivity index (χ4v) is 2.56. The molecular weight excluding hydrogens is 339 g/mol. The third-order valence-corrected chi connectivity index (χ3v) is 3.66. The van der Waals surface area contributed by atoms with Crippen molar-refractivity contribution in [3.8, 4) is 5.88 Å². The first kappa shape index (κ1) is 17.0. The second-order valence-electron chi connectivity index (χ2n) is 5.28. The summed E-state index contributed by atoms with van der Waals surface area (Å²) < 4.78 is 46.4. The Balaban J connectivity index is 1.89. The largest absolute Gasteiger partial charge is 0.481 e. The first-order chi connectivity index (χ1) is 11.8. The maximum absolute atomic E-state index is 12.9. The van der Waals surface area contributed by atoms with Gasteiger partial charge in [-0.3, -0.25) is 0 Å². The number of ether oxygens (including phenoxy) is 1. The molecule has 0 amide bonds. The predicted octanol–water partition coefficient (Wildman–Crippen LogP) is 2.06. The molecule has 8 nitrogen and oxygen atoms in total. The number of hydrogen-bond acceptors (Lipinski definition) is 6. The molecule has 0 aliphatic rings. The Hall–Kier alpha value is -2.85. The maximum atomic E-state index is 12.9. The summed E-state index contributed by atoms with van der Waals surface area (Å²) in [5.74, 6) is -0.323. The van der Waals surface area contributed by atoms with E-state index in [0.717, 1.165) is 11.3 Å². The Bertz CT molecular complexity index is 900. The minimum absolute atomic E-state index is 0.0195. The molecule has 0 bridgehead atoms. The van der Waals surface area contributed by atoms with E-state index in [1.807, 2.05) is 6.92 Å². The second kappa shape index (κ2) is 6.22. The maximum Gasteiger partial charge on any atom is 0.453 e. The fourth-order valence-electron chi connectivity index (χ4n) is 2.56. The molecule has 0 saturated carbocycles. The minimum atomic E-state index is -4.63. The van der Waals surface area contributed by atoms with Gasteiger partial charge in [0.15, 0.2) is 5.65 Å². The Kier molecular flexibility index (Phi) is 4.23. The summed E-state index contributed by atoms with van der Waals surface area (Å²) in [6.45, 7) is 2.27. The van der Waals surface area contributed by atoms with Crippen LogP contribution in [0.1, 0.15) is 24.0 Å². The van der Waals surface area contributed by atoms with E-state index in [4.69, 9.17) is 4.74 Å². The molecule has 0 aliphatic carbocycles. The molecule has 134 valence electrons. The van der Waals surface area contributed by atoms with Gasteiger partial charge in [0.05, 0.1) is 18.4 Å². The summed E-state index contributed by atoms with van der Waals surface area (Å²) in [6.07, 6.45) is -3.93. The van der Waals surface area contributed by atoms with Gasteiger partial charge in [0.2, 0.25) is 5.88 Å². The van der Waals surface area contributed by atoms with Gasteiger partial charge in [0.1, 0.15) is 5.82 Å². The number of rotatable bonds is 5. The molecule has 1 N–H and O–H groups in total. The van der Waals surface area contributed by atoms with Crippen LogP contribution in [-0.2, 0) is 26.2 Å². The molecule has 0 radical (unpaired) electrons. The Morgan fingerprint density at radius 3 is 2.60 bits per heavy atom. The molecule has 3 heterocycles. The summed E-state index contributed by atoms with van der Waals surface area (Å²) >= 11 is 0. The van der Waals surface area contributed by atoms with Crippen LogP contribution in [0.5, 0.6) is 5.88 Å². The van der Waals surface area contributed by atoms with Crippen LogP contribution in [0.4, 0.5) is 19.0 Å². The zero-order valence-electron chi connectivity index (χ0n) is 13.8. The molecule has 3 rings (SSSR count). The number of aromatic nitrogens is 6. The third kappa shape index (κ3) is 3.08. The molecule has 0 spiro atoms. The lowest BCUT2D eigenvalue weighted by Crippen LogP contribution is -2.13. The fraction of sp³-hybridized carbons (Fsp3) is 0.429. The van der Waals surface area contributed by atoms with Crippen molar-refractivity contribution in [2.45, 2.75) is 26.1 Å². The van der Waals surface area contributed by atoms with Crippen LogP contribution in [0.25, 0.3) is 5.65 Å². The SMILES string of the molecule is CCc1nn(C)c(OC)c1CNc1ccc2nnc(C(F)(F)F)n2n1. The highest BCUT2D eigenvalue weighted by molar-refractivity contribution is 5.45. The van der Waals surface area contributed by atoms with Gasteiger partial charge in [-0.25, -0.2) is 4.68 Å². The predicted molar refractivity (Wildman–Crippen MR) is 82.2 cm³/mol. The van der Waals surface area contributed by atoms with E-state index in [1.165, 1.54) is 13.2 Å². The van der Waals surface area contributed by atoms with E-state index < -0.39 is 12.0 Å². The first-order valence-corrected chi connectivity index (χ1v) is 7.47. The topological polar surface area (TPSA) is 82.2 Å². The molecule has 0 aromatic carbocycles. The van der Waals surface area contributed by atoms with Crippen LogP contribution >= 0.6 is 0 Å². The van der Waals surface area contributed by atoms with Gasteiger partial charge in [-0.05, 0) is 18.6 Å². The molecule has 0 aliphatic heterocycles. The molecule has 25 heavy (non-hydrogen) atoms. The normalized spacial score (nSPS) is 11.9. The monoisotopic (exact) mass is 355 g/mol. The molecule has 3 aromatic heterocycles. The number of fused-ring (bicyclic) bond motifs is 1. The molecule has 11 heteroatoms. The molecule has 0 saturated heterocycles.